The van der Waals surface area contributed by atoms with Crippen LogP contribution < -0.4 is 0 Å². The Labute approximate surface area is 162 Å². The van der Waals surface area contributed by atoms with E-state index in [0.717, 1.165) is 12.8 Å². The molecule has 1 aromatic rings. The van der Waals surface area contributed by atoms with Crippen molar-refractivity contribution in [2.45, 2.75) is 84.2 Å². The van der Waals surface area contributed by atoms with E-state index in [0.29, 0.717) is 18.6 Å². The second-order valence-corrected chi connectivity index (χ2v) is 6.85. The van der Waals surface area contributed by atoms with Crippen LogP contribution in [0.3, 0.4) is 0 Å². The highest BCUT2D eigenvalue weighted by Gasteiger charge is 2.15. The third-order valence-corrected chi connectivity index (χ3v) is 4.42. The maximum atomic E-state index is 13.6. The van der Waals surface area contributed by atoms with E-state index in [2.05, 4.69) is 6.92 Å². The standard InChI is InChI=1S/C22H33FO4/c1-3-4-5-6-7-8-11-17-26-21(24)15-12-16-22(25)27-18(2)19-13-9-10-14-20(19)23/h9-10,13-14,18H,3-8,11-12,15-17H2,1-2H3. The maximum absolute atomic E-state index is 13.6. The quantitative estimate of drug-likeness (QED) is 0.298. The molecule has 0 fully saturated rings. The third-order valence-electron chi connectivity index (χ3n) is 4.42. The average Bonchev–Trinajstić information content (AvgIpc) is 2.64. The fourth-order valence-electron chi connectivity index (χ4n) is 2.82. The van der Waals surface area contributed by atoms with Gasteiger partial charge in [0.25, 0.3) is 0 Å². The fraction of sp³-hybridized carbons (Fsp3) is 0.636. The summed E-state index contributed by atoms with van der Waals surface area (Å²) < 4.78 is 24.0. The number of esters is 2. The highest BCUT2D eigenvalue weighted by atomic mass is 19.1. The molecular formula is C22H33FO4. The number of hydrogen-bond donors (Lipinski definition) is 0. The molecule has 0 saturated carbocycles. The second-order valence-electron chi connectivity index (χ2n) is 6.85. The number of carbonyl (C=O) groups is 2. The van der Waals surface area contributed by atoms with Gasteiger partial charge in [0.1, 0.15) is 11.9 Å². The zero-order valence-electron chi connectivity index (χ0n) is 16.7. The molecule has 1 rings (SSSR count). The Kier molecular flexibility index (Phi) is 12.2. The lowest BCUT2D eigenvalue weighted by molar-refractivity contribution is -0.149. The Bertz CT molecular complexity index is 559. The van der Waals surface area contributed by atoms with Gasteiger partial charge in [-0.1, -0.05) is 63.6 Å². The molecule has 0 aliphatic heterocycles. The van der Waals surface area contributed by atoms with Crippen LogP contribution in [0.15, 0.2) is 24.3 Å². The van der Waals surface area contributed by atoms with Gasteiger partial charge in [-0.05, 0) is 25.8 Å². The first-order chi connectivity index (χ1) is 13.0. The molecule has 0 radical (unpaired) electrons. The summed E-state index contributed by atoms with van der Waals surface area (Å²) in [4.78, 5) is 23.5. The molecule has 27 heavy (non-hydrogen) atoms. The van der Waals surface area contributed by atoms with Crippen LogP contribution in [0.1, 0.15) is 89.7 Å². The van der Waals surface area contributed by atoms with Crippen molar-refractivity contribution in [1.82, 2.24) is 0 Å². The van der Waals surface area contributed by atoms with Crippen molar-refractivity contribution in [3.63, 3.8) is 0 Å². The molecule has 0 N–H and O–H groups in total. The van der Waals surface area contributed by atoms with Crippen LogP contribution in [0.5, 0.6) is 0 Å². The largest absolute Gasteiger partial charge is 0.466 e. The van der Waals surface area contributed by atoms with E-state index >= 15 is 0 Å². The molecule has 0 saturated heterocycles. The smallest absolute Gasteiger partial charge is 0.306 e. The number of rotatable bonds is 14. The Morgan fingerprint density at radius 3 is 2.26 bits per heavy atom. The van der Waals surface area contributed by atoms with Gasteiger partial charge in [-0.3, -0.25) is 9.59 Å². The number of hydrogen-bond acceptors (Lipinski definition) is 4. The summed E-state index contributed by atoms with van der Waals surface area (Å²) in [6.07, 6.45) is 8.24. The van der Waals surface area contributed by atoms with Crippen molar-refractivity contribution in [3.05, 3.63) is 35.6 Å². The topological polar surface area (TPSA) is 52.6 Å². The summed E-state index contributed by atoms with van der Waals surface area (Å²) in [5.74, 6) is -1.12. The molecule has 1 atom stereocenters. The van der Waals surface area contributed by atoms with Gasteiger partial charge < -0.3 is 9.47 Å². The molecule has 0 aliphatic rings. The first-order valence-corrected chi connectivity index (χ1v) is 10.1. The van der Waals surface area contributed by atoms with E-state index in [-0.39, 0.29) is 18.8 Å². The van der Waals surface area contributed by atoms with Crippen LogP contribution in [0.2, 0.25) is 0 Å². The zero-order valence-corrected chi connectivity index (χ0v) is 16.7. The van der Waals surface area contributed by atoms with Crippen molar-refractivity contribution in [3.8, 4) is 0 Å². The lowest BCUT2D eigenvalue weighted by Crippen LogP contribution is -2.11. The van der Waals surface area contributed by atoms with Gasteiger partial charge in [-0.15, -0.1) is 0 Å². The molecular weight excluding hydrogens is 347 g/mol. The van der Waals surface area contributed by atoms with Crippen molar-refractivity contribution >= 4 is 11.9 Å². The second kappa shape index (κ2) is 14.2. The predicted molar refractivity (Wildman–Crippen MR) is 104 cm³/mol. The molecule has 4 nitrogen and oxygen atoms in total. The molecule has 5 heteroatoms. The number of benzene rings is 1. The minimum absolute atomic E-state index is 0.116. The lowest BCUT2D eigenvalue weighted by Gasteiger charge is -2.14. The van der Waals surface area contributed by atoms with Crippen molar-refractivity contribution in [2.24, 2.45) is 0 Å². The van der Waals surface area contributed by atoms with Gasteiger partial charge in [0.15, 0.2) is 0 Å². The lowest BCUT2D eigenvalue weighted by atomic mass is 10.1. The number of ether oxygens (including phenoxy) is 2. The Balaban J connectivity index is 2.06. The van der Waals surface area contributed by atoms with Gasteiger partial charge in [0, 0.05) is 18.4 Å². The van der Waals surface area contributed by atoms with Crippen molar-refractivity contribution in [1.29, 1.82) is 0 Å². The Hall–Kier alpha value is -1.91. The highest BCUT2D eigenvalue weighted by Crippen LogP contribution is 2.20. The molecule has 0 spiro atoms. The van der Waals surface area contributed by atoms with Crippen molar-refractivity contribution in [2.75, 3.05) is 6.61 Å². The first-order valence-electron chi connectivity index (χ1n) is 10.1. The zero-order chi connectivity index (χ0) is 19.9. The predicted octanol–water partition coefficient (Wildman–Crippen LogP) is 5.89. The summed E-state index contributed by atoms with van der Waals surface area (Å²) in [7, 11) is 0. The van der Waals surface area contributed by atoms with Crippen LogP contribution >= 0.6 is 0 Å². The molecule has 1 aromatic carbocycles. The van der Waals surface area contributed by atoms with E-state index < -0.39 is 17.9 Å². The fourth-order valence-corrected chi connectivity index (χ4v) is 2.82. The van der Waals surface area contributed by atoms with E-state index in [1.165, 1.54) is 38.2 Å². The molecule has 152 valence electrons. The summed E-state index contributed by atoms with van der Waals surface area (Å²) >= 11 is 0. The summed E-state index contributed by atoms with van der Waals surface area (Å²) in [5.41, 5.74) is 0.347. The summed E-state index contributed by atoms with van der Waals surface area (Å²) in [5, 5.41) is 0. The number of carbonyl (C=O) groups excluding carboxylic acids is 2. The normalized spacial score (nSPS) is 11.8. The van der Waals surface area contributed by atoms with Crippen molar-refractivity contribution < 1.29 is 23.5 Å². The Morgan fingerprint density at radius 1 is 0.926 bits per heavy atom. The van der Waals surface area contributed by atoms with Crippen LogP contribution in [0, 0.1) is 5.82 Å². The minimum Gasteiger partial charge on any atom is -0.466 e. The van der Waals surface area contributed by atoms with Gasteiger partial charge in [-0.25, -0.2) is 4.39 Å². The number of halogens is 1. The maximum Gasteiger partial charge on any atom is 0.306 e. The van der Waals surface area contributed by atoms with Gasteiger partial charge >= 0.3 is 11.9 Å². The average molecular weight is 381 g/mol. The molecule has 0 aliphatic carbocycles. The third kappa shape index (κ3) is 10.7. The molecule has 0 heterocycles. The highest BCUT2D eigenvalue weighted by molar-refractivity contribution is 5.72. The van der Waals surface area contributed by atoms with E-state index in [9.17, 15) is 14.0 Å². The minimum atomic E-state index is -0.650. The van der Waals surface area contributed by atoms with Crippen LogP contribution in [0.25, 0.3) is 0 Å². The van der Waals surface area contributed by atoms with E-state index in [1.807, 2.05) is 0 Å². The SMILES string of the molecule is CCCCCCCCCOC(=O)CCCC(=O)OC(C)c1ccccc1F. The Morgan fingerprint density at radius 2 is 1.56 bits per heavy atom. The molecule has 1 unspecified atom stereocenters. The summed E-state index contributed by atoms with van der Waals surface area (Å²) in [6, 6.07) is 6.21. The van der Waals surface area contributed by atoms with Gasteiger partial charge in [0.05, 0.1) is 6.61 Å². The van der Waals surface area contributed by atoms with Crippen LogP contribution in [-0.4, -0.2) is 18.5 Å². The van der Waals surface area contributed by atoms with Crippen LogP contribution in [0.4, 0.5) is 4.39 Å². The van der Waals surface area contributed by atoms with Crippen LogP contribution in [-0.2, 0) is 19.1 Å². The number of unbranched alkanes of at least 4 members (excludes halogenated alkanes) is 6. The van der Waals surface area contributed by atoms with E-state index in [4.69, 9.17) is 9.47 Å². The molecule has 0 aromatic heterocycles. The molecule has 0 amide bonds. The van der Waals surface area contributed by atoms with Gasteiger partial charge in [0.2, 0.25) is 0 Å². The first kappa shape index (κ1) is 23.1. The monoisotopic (exact) mass is 380 g/mol. The van der Waals surface area contributed by atoms with E-state index in [1.54, 1.807) is 25.1 Å². The summed E-state index contributed by atoms with van der Waals surface area (Å²) in [6.45, 7) is 4.27. The molecule has 0 bridgehead atoms. The van der Waals surface area contributed by atoms with Gasteiger partial charge in [-0.2, -0.15) is 0 Å².